The molecule has 0 amide bonds. The summed E-state index contributed by atoms with van der Waals surface area (Å²) in [5.41, 5.74) is 1.70. The van der Waals surface area contributed by atoms with Gasteiger partial charge in [0.2, 0.25) is 0 Å². The maximum absolute atomic E-state index is 12.5. The molecule has 0 spiro atoms. The Balaban J connectivity index is 2.17. The Hall–Kier alpha value is -1.12. The summed E-state index contributed by atoms with van der Waals surface area (Å²) in [6, 6.07) is 1.91. The van der Waals surface area contributed by atoms with Crippen molar-refractivity contribution in [3.63, 3.8) is 0 Å². The van der Waals surface area contributed by atoms with Gasteiger partial charge in [-0.2, -0.15) is 5.10 Å². The molecule has 3 heteroatoms. The molecule has 2 unspecified atom stereocenters. The van der Waals surface area contributed by atoms with Crippen molar-refractivity contribution in [3.05, 3.63) is 17.5 Å². The largest absolute Gasteiger partial charge is 0.292 e. The van der Waals surface area contributed by atoms with E-state index in [4.69, 9.17) is 0 Å². The Bertz CT molecular complexity index is 412. The van der Waals surface area contributed by atoms with Crippen molar-refractivity contribution in [3.8, 4) is 0 Å². The summed E-state index contributed by atoms with van der Waals surface area (Å²) < 4.78 is 1.72. The molecular formula is C14H22N2O. The summed E-state index contributed by atoms with van der Waals surface area (Å²) in [7, 11) is 1.86. The number of aromatic nitrogens is 2. The van der Waals surface area contributed by atoms with Crippen molar-refractivity contribution in [2.45, 2.75) is 40.0 Å². The van der Waals surface area contributed by atoms with Crippen molar-refractivity contribution < 1.29 is 4.79 Å². The van der Waals surface area contributed by atoms with Crippen LogP contribution in [0.2, 0.25) is 0 Å². The van der Waals surface area contributed by atoms with Gasteiger partial charge in [0.05, 0.1) is 5.69 Å². The van der Waals surface area contributed by atoms with Gasteiger partial charge in [-0.3, -0.25) is 9.48 Å². The molecule has 1 aliphatic rings. The molecule has 3 nitrogen and oxygen atoms in total. The number of ketones is 1. The van der Waals surface area contributed by atoms with Crippen LogP contribution in [0.4, 0.5) is 0 Å². The summed E-state index contributed by atoms with van der Waals surface area (Å²) >= 11 is 0. The highest BCUT2D eigenvalue weighted by molar-refractivity contribution is 5.96. The molecule has 1 aromatic heterocycles. The van der Waals surface area contributed by atoms with Gasteiger partial charge in [0.1, 0.15) is 5.69 Å². The van der Waals surface area contributed by atoms with E-state index in [0.717, 1.165) is 24.2 Å². The lowest BCUT2D eigenvalue weighted by molar-refractivity contribution is 0.0826. The van der Waals surface area contributed by atoms with Crippen LogP contribution in [0.15, 0.2) is 6.07 Å². The minimum Gasteiger partial charge on any atom is -0.292 e. The molecule has 1 fully saturated rings. The molecule has 0 radical (unpaired) electrons. The highest BCUT2D eigenvalue weighted by Crippen LogP contribution is 2.34. The first-order chi connectivity index (χ1) is 7.97. The lowest BCUT2D eigenvalue weighted by atomic mass is 9.74. The summed E-state index contributed by atoms with van der Waals surface area (Å²) in [6.07, 6.45) is 3.33. The zero-order chi connectivity index (χ0) is 12.6. The van der Waals surface area contributed by atoms with E-state index in [1.165, 1.54) is 6.42 Å². The predicted molar refractivity (Wildman–Crippen MR) is 67.9 cm³/mol. The van der Waals surface area contributed by atoms with E-state index in [1.807, 2.05) is 20.0 Å². The highest BCUT2D eigenvalue weighted by atomic mass is 16.1. The molecule has 1 aromatic rings. The third kappa shape index (κ3) is 2.59. The average molecular weight is 234 g/mol. The molecule has 2 atom stereocenters. The Morgan fingerprint density at radius 1 is 1.29 bits per heavy atom. The summed E-state index contributed by atoms with van der Waals surface area (Å²) in [4.78, 5) is 12.5. The molecule has 0 bridgehead atoms. The van der Waals surface area contributed by atoms with Gasteiger partial charge < -0.3 is 0 Å². The fourth-order valence-electron chi connectivity index (χ4n) is 3.21. The smallest absolute Gasteiger partial charge is 0.183 e. The van der Waals surface area contributed by atoms with E-state index in [0.29, 0.717) is 11.8 Å². The Kier molecular flexibility index (Phi) is 3.36. The maximum atomic E-state index is 12.5. The molecule has 1 saturated carbocycles. The van der Waals surface area contributed by atoms with Crippen LogP contribution in [0.5, 0.6) is 0 Å². The molecule has 0 aliphatic heterocycles. The molecule has 17 heavy (non-hydrogen) atoms. The van der Waals surface area contributed by atoms with E-state index in [-0.39, 0.29) is 11.7 Å². The van der Waals surface area contributed by atoms with E-state index in [9.17, 15) is 4.79 Å². The topological polar surface area (TPSA) is 34.9 Å². The van der Waals surface area contributed by atoms with Crippen LogP contribution in [0.3, 0.4) is 0 Å². The molecule has 0 saturated heterocycles. The van der Waals surface area contributed by atoms with Crippen molar-refractivity contribution in [1.82, 2.24) is 9.78 Å². The van der Waals surface area contributed by atoms with E-state index in [1.54, 1.807) is 4.68 Å². The van der Waals surface area contributed by atoms with Crippen LogP contribution >= 0.6 is 0 Å². The zero-order valence-electron chi connectivity index (χ0n) is 11.2. The van der Waals surface area contributed by atoms with Gasteiger partial charge in [-0.25, -0.2) is 0 Å². The number of Topliss-reactive ketones (excluding diaryl/α,β-unsaturated/α-hetero) is 1. The zero-order valence-corrected chi connectivity index (χ0v) is 11.2. The van der Waals surface area contributed by atoms with Gasteiger partial charge in [0.15, 0.2) is 5.78 Å². The molecule has 0 N–H and O–H groups in total. The van der Waals surface area contributed by atoms with Gasteiger partial charge in [-0.05, 0) is 44.1 Å². The molecular weight excluding hydrogens is 212 g/mol. The molecule has 2 rings (SSSR count). The van der Waals surface area contributed by atoms with Crippen molar-refractivity contribution in [2.24, 2.45) is 24.8 Å². The number of nitrogens with zero attached hydrogens (tertiary/aromatic N) is 2. The van der Waals surface area contributed by atoms with E-state index in [2.05, 4.69) is 18.9 Å². The third-order valence-electron chi connectivity index (χ3n) is 3.80. The fourth-order valence-corrected chi connectivity index (χ4v) is 3.21. The molecule has 1 aliphatic carbocycles. The van der Waals surface area contributed by atoms with Crippen LogP contribution in [0, 0.1) is 24.7 Å². The predicted octanol–water partition coefficient (Wildman–Crippen LogP) is 2.98. The molecule has 94 valence electrons. The number of carbonyl (C=O) groups excluding carboxylic acids is 1. The average Bonchev–Trinajstić information content (AvgIpc) is 2.55. The first-order valence-corrected chi connectivity index (χ1v) is 6.52. The normalized spacial score (nSPS) is 29.3. The van der Waals surface area contributed by atoms with E-state index >= 15 is 0 Å². The Morgan fingerprint density at radius 3 is 2.35 bits per heavy atom. The standard InChI is InChI=1S/C14H22N2O/c1-9-5-10(2)7-12(6-9)14(17)13-8-11(3)15-16(13)4/h8-10,12H,5-7H2,1-4H3. The lowest BCUT2D eigenvalue weighted by Gasteiger charge is -2.30. The number of carbonyl (C=O) groups is 1. The Morgan fingerprint density at radius 2 is 1.88 bits per heavy atom. The first-order valence-electron chi connectivity index (χ1n) is 6.52. The second-order valence-electron chi connectivity index (χ2n) is 5.77. The fraction of sp³-hybridized carbons (Fsp3) is 0.714. The highest BCUT2D eigenvalue weighted by Gasteiger charge is 2.30. The lowest BCUT2D eigenvalue weighted by Crippen LogP contribution is -2.27. The number of hydrogen-bond acceptors (Lipinski definition) is 2. The van der Waals surface area contributed by atoms with Crippen LogP contribution in [-0.4, -0.2) is 15.6 Å². The van der Waals surface area contributed by atoms with Gasteiger partial charge in [0.25, 0.3) is 0 Å². The van der Waals surface area contributed by atoms with Crippen molar-refractivity contribution >= 4 is 5.78 Å². The number of aryl methyl sites for hydroxylation is 2. The number of rotatable bonds is 2. The Labute approximate surface area is 103 Å². The second kappa shape index (κ2) is 4.63. The first kappa shape index (κ1) is 12.3. The minimum atomic E-state index is 0.198. The van der Waals surface area contributed by atoms with Gasteiger partial charge in [0, 0.05) is 13.0 Å². The quantitative estimate of drug-likeness (QED) is 0.737. The second-order valence-corrected chi connectivity index (χ2v) is 5.77. The van der Waals surface area contributed by atoms with Crippen LogP contribution in [-0.2, 0) is 7.05 Å². The van der Waals surface area contributed by atoms with Crippen molar-refractivity contribution in [1.29, 1.82) is 0 Å². The maximum Gasteiger partial charge on any atom is 0.183 e. The van der Waals surface area contributed by atoms with Gasteiger partial charge >= 0.3 is 0 Å². The SMILES string of the molecule is Cc1cc(C(=O)C2CC(C)CC(C)C2)n(C)n1. The third-order valence-corrected chi connectivity index (χ3v) is 3.80. The molecule has 0 aromatic carbocycles. The van der Waals surface area contributed by atoms with Crippen LogP contribution in [0.1, 0.15) is 49.3 Å². The summed E-state index contributed by atoms with van der Waals surface area (Å²) in [5.74, 6) is 1.82. The molecule has 1 heterocycles. The summed E-state index contributed by atoms with van der Waals surface area (Å²) in [6.45, 7) is 6.44. The van der Waals surface area contributed by atoms with Crippen LogP contribution in [0.25, 0.3) is 0 Å². The van der Waals surface area contributed by atoms with Crippen molar-refractivity contribution in [2.75, 3.05) is 0 Å². The van der Waals surface area contributed by atoms with Gasteiger partial charge in [-0.15, -0.1) is 0 Å². The minimum absolute atomic E-state index is 0.198. The van der Waals surface area contributed by atoms with E-state index < -0.39 is 0 Å². The van der Waals surface area contributed by atoms with Gasteiger partial charge in [-0.1, -0.05) is 13.8 Å². The van der Waals surface area contributed by atoms with Crippen LogP contribution < -0.4 is 0 Å². The summed E-state index contributed by atoms with van der Waals surface area (Å²) in [5, 5.41) is 4.26. The monoisotopic (exact) mass is 234 g/mol. The number of hydrogen-bond donors (Lipinski definition) is 0.